The van der Waals surface area contributed by atoms with Crippen LogP contribution < -0.4 is 4.74 Å². The number of hydrogen-bond donors (Lipinski definition) is 0. The van der Waals surface area contributed by atoms with Crippen molar-refractivity contribution >= 4 is 23.2 Å². The normalized spacial score (nSPS) is 10.3. The van der Waals surface area contributed by atoms with Crippen molar-refractivity contribution in [2.24, 2.45) is 0 Å². The number of ether oxygens (including phenoxy) is 1. The highest BCUT2D eigenvalue weighted by molar-refractivity contribution is 6.50. The monoisotopic (exact) mass is 351 g/mol. The van der Waals surface area contributed by atoms with E-state index in [1.807, 2.05) is 18.2 Å². The molecule has 0 radical (unpaired) electrons. The number of methoxy groups -OCH3 is 1. The van der Waals surface area contributed by atoms with E-state index >= 15 is 0 Å². The van der Waals surface area contributed by atoms with Crippen molar-refractivity contribution in [2.75, 3.05) is 7.11 Å². The van der Waals surface area contributed by atoms with E-state index in [0.717, 1.165) is 11.1 Å². The molecular weight excluding hydrogens is 338 g/mol. The number of aromatic nitrogens is 1. The molecule has 0 atom stereocenters. The Morgan fingerprint density at radius 2 is 1.68 bits per heavy atom. The molecule has 3 rings (SSSR count). The van der Waals surface area contributed by atoms with Gasteiger partial charge in [0.05, 0.1) is 12.7 Å². The van der Waals surface area contributed by atoms with E-state index < -0.39 is 11.6 Å². The predicted molar refractivity (Wildman–Crippen MR) is 96.3 cm³/mol. The second-order valence-corrected chi connectivity index (χ2v) is 5.76. The molecule has 0 saturated heterocycles. The smallest absolute Gasteiger partial charge is 0.237 e. The van der Waals surface area contributed by atoms with Crippen LogP contribution in [0.4, 0.5) is 0 Å². The molecule has 124 valence electrons. The number of ketones is 2. The van der Waals surface area contributed by atoms with Gasteiger partial charge < -0.3 is 4.74 Å². The van der Waals surface area contributed by atoms with E-state index in [-0.39, 0.29) is 5.56 Å². The number of benzene rings is 2. The summed E-state index contributed by atoms with van der Waals surface area (Å²) in [6.45, 7) is 0. The number of carbonyl (C=O) groups is 2. The highest BCUT2D eigenvalue weighted by Gasteiger charge is 2.22. The molecule has 1 heterocycles. The van der Waals surface area contributed by atoms with Gasteiger partial charge in [-0.3, -0.25) is 14.6 Å². The quantitative estimate of drug-likeness (QED) is 0.502. The lowest BCUT2D eigenvalue weighted by molar-refractivity contribution is 0.0815. The van der Waals surface area contributed by atoms with Crippen LogP contribution in [0.3, 0.4) is 0 Å². The zero-order valence-electron chi connectivity index (χ0n) is 13.4. The Bertz CT molecular complexity index is 939. The van der Waals surface area contributed by atoms with E-state index in [1.54, 1.807) is 42.7 Å². The molecule has 0 bridgehead atoms. The lowest BCUT2D eigenvalue weighted by Crippen LogP contribution is -2.15. The first-order chi connectivity index (χ1) is 12.1. The van der Waals surface area contributed by atoms with E-state index in [4.69, 9.17) is 16.3 Å². The van der Waals surface area contributed by atoms with Crippen LogP contribution in [0.1, 0.15) is 20.7 Å². The summed E-state index contributed by atoms with van der Waals surface area (Å²) in [5, 5.41) is 0.363. The molecule has 3 aromatic rings. The highest BCUT2D eigenvalue weighted by Crippen LogP contribution is 2.25. The van der Waals surface area contributed by atoms with Gasteiger partial charge in [-0.15, -0.1) is 0 Å². The maximum atomic E-state index is 12.6. The summed E-state index contributed by atoms with van der Waals surface area (Å²) in [4.78, 5) is 29.3. The third kappa shape index (κ3) is 3.59. The fraction of sp³-hybridized carbons (Fsp3) is 0.0500. The third-order valence-corrected chi connectivity index (χ3v) is 3.99. The number of pyridine rings is 1. The van der Waals surface area contributed by atoms with Crippen LogP contribution in [0.5, 0.6) is 5.75 Å². The van der Waals surface area contributed by atoms with Crippen LogP contribution in [-0.4, -0.2) is 23.7 Å². The summed E-state index contributed by atoms with van der Waals surface area (Å²) in [5.41, 5.74) is 2.20. The molecule has 0 aliphatic heterocycles. The maximum Gasteiger partial charge on any atom is 0.237 e. The average Bonchev–Trinajstić information content (AvgIpc) is 2.67. The number of Topliss-reactive ketones (excluding diaryl/α,β-unsaturated/α-hetero) is 2. The van der Waals surface area contributed by atoms with Crippen molar-refractivity contribution in [3.05, 3.63) is 83.1 Å². The van der Waals surface area contributed by atoms with Gasteiger partial charge in [0.25, 0.3) is 0 Å². The molecule has 0 spiro atoms. The van der Waals surface area contributed by atoms with Crippen molar-refractivity contribution in [2.45, 2.75) is 0 Å². The van der Waals surface area contributed by atoms with E-state index in [1.165, 1.54) is 13.2 Å². The van der Waals surface area contributed by atoms with E-state index in [2.05, 4.69) is 4.98 Å². The number of carbonyl (C=O) groups excluding carboxylic acids is 2. The van der Waals surface area contributed by atoms with Crippen LogP contribution in [-0.2, 0) is 0 Å². The first-order valence-electron chi connectivity index (χ1n) is 7.53. The summed E-state index contributed by atoms with van der Waals surface area (Å²) < 4.78 is 5.16. The molecule has 0 aliphatic carbocycles. The summed E-state index contributed by atoms with van der Waals surface area (Å²) in [6.07, 6.45) is 3.34. The zero-order chi connectivity index (χ0) is 17.8. The van der Waals surface area contributed by atoms with Crippen molar-refractivity contribution in [3.63, 3.8) is 0 Å². The lowest BCUT2D eigenvalue weighted by atomic mass is 9.97. The van der Waals surface area contributed by atoms with Crippen LogP contribution in [0, 0.1) is 0 Å². The SMILES string of the molecule is COc1ccc(Cl)cc1C(=O)C(=O)c1cccc(-c2ccncc2)c1. The Kier molecular flexibility index (Phi) is 4.91. The van der Waals surface area contributed by atoms with Gasteiger partial charge in [-0.25, -0.2) is 0 Å². The Balaban J connectivity index is 1.96. The molecule has 0 amide bonds. The minimum absolute atomic E-state index is 0.148. The van der Waals surface area contributed by atoms with Crippen LogP contribution in [0.2, 0.25) is 5.02 Å². The van der Waals surface area contributed by atoms with Gasteiger partial charge in [-0.1, -0.05) is 29.8 Å². The number of halogens is 1. The minimum atomic E-state index is -0.661. The van der Waals surface area contributed by atoms with Gasteiger partial charge in [0.1, 0.15) is 5.75 Å². The van der Waals surface area contributed by atoms with Gasteiger partial charge in [0.2, 0.25) is 11.6 Å². The van der Waals surface area contributed by atoms with Crippen molar-refractivity contribution < 1.29 is 14.3 Å². The molecule has 0 N–H and O–H groups in total. The molecule has 5 heteroatoms. The molecule has 1 aromatic heterocycles. The Labute approximate surface area is 150 Å². The van der Waals surface area contributed by atoms with Crippen molar-refractivity contribution in [1.82, 2.24) is 4.98 Å². The number of hydrogen-bond acceptors (Lipinski definition) is 4. The van der Waals surface area contributed by atoms with Crippen LogP contribution in [0.25, 0.3) is 11.1 Å². The molecule has 2 aromatic carbocycles. The molecule has 4 nitrogen and oxygen atoms in total. The number of rotatable bonds is 5. The van der Waals surface area contributed by atoms with E-state index in [0.29, 0.717) is 16.3 Å². The minimum Gasteiger partial charge on any atom is -0.496 e. The second kappa shape index (κ2) is 7.28. The Morgan fingerprint density at radius 1 is 0.920 bits per heavy atom. The predicted octanol–water partition coefficient (Wildman–Crippen LogP) is 4.48. The number of nitrogens with zero attached hydrogens (tertiary/aromatic N) is 1. The molecule has 0 fully saturated rings. The van der Waals surface area contributed by atoms with Gasteiger partial charge >= 0.3 is 0 Å². The third-order valence-electron chi connectivity index (χ3n) is 3.75. The fourth-order valence-electron chi connectivity index (χ4n) is 2.50. The first kappa shape index (κ1) is 16.9. The van der Waals surface area contributed by atoms with Gasteiger partial charge in [0.15, 0.2) is 0 Å². The molecule has 0 unspecified atom stereocenters. The Hall–Kier alpha value is -2.98. The second-order valence-electron chi connectivity index (χ2n) is 5.32. The maximum absolute atomic E-state index is 12.6. The van der Waals surface area contributed by atoms with E-state index in [9.17, 15) is 9.59 Å². The summed E-state index contributed by atoms with van der Waals surface area (Å²) in [5.74, 6) is -0.962. The lowest BCUT2D eigenvalue weighted by Gasteiger charge is -2.08. The largest absolute Gasteiger partial charge is 0.496 e. The molecular formula is C20H14ClNO3. The molecule has 0 saturated carbocycles. The standard InChI is InChI=1S/C20H14ClNO3/c1-25-18-6-5-16(21)12-17(18)20(24)19(23)15-4-2-3-14(11-15)13-7-9-22-10-8-13/h2-12H,1H3. The zero-order valence-corrected chi connectivity index (χ0v) is 14.2. The van der Waals surface area contributed by atoms with Crippen LogP contribution >= 0.6 is 11.6 Å². The summed E-state index contributed by atoms with van der Waals surface area (Å²) in [7, 11) is 1.44. The van der Waals surface area contributed by atoms with Crippen molar-refractivity contribution in [1.29, 1.82) is 0 Å². The van der Waals surface area contributed by atoms with Gasteiger partial charge in [-0.2, -0.15) is 0 Å². The molecule has 0 aliphatic rings. The summed E-state index contributed by atoms with van der Waals surface area (Å²) >= 11 is 5.95. The average molecular weight is 352 g/mol. The summed E-state index contributed by atoms with van der Waals surface area (Å²) in [6, 6.07) is 15.2. The molecule has 25 heavy (non-hydrogen) atoms. The van der Waals surface area contributed by atoms with Gasteiger partial charge in [0, 0.05) is 23.0 Å². The topological polar surface area (TPSA) is 56.3 Å². The first-order valence-corrected chi connectivity index (χ1v) is 7.91. The van der Waals surface area contributed by atoms with Gasteiger partial charge in [-0.05, 0) is 47.5 Å². The fourth-order valence-corrected chi connectivity index (χ4v) is 2.67. The van der Waals surface area contributed by atoms with Crippen LogP contribution in [0.15, 0.2) is 67.0 Å². The Morgan fingerprint density at radius 3 is 2.40 bits per heavy atom. The highest BCUT2D eigenvalue weighted by atomic mass is 35.5. The van der Waals surface area contributed by atoms with Crippen molar-refractivity contribution in [3.8, 4) is 16.9 Å².